The molecular weight excluding hydrogens is 289 g/mol. The van der Waals surface area contributed by atoms with Crippen LogP contribution in [0.25, 0.3) is 0 Å². The molecule has 0 saturated heterocycles. The van der Waals surface area contributed by atoms with Crippen molar-refractivity contribution < 1.29 is 0 Å². The monoisotopic (exact) mass is 313 g/mol. The quantitative estimate of drug-likeness (QED) is 0.732. The predicted octanol–water partition coefficient (Wildman–Crippen LogP) is 5.49. The van der Waals surface area contributed by atoms with Gasteiger partial charge in [0, 0.05) is 10.0 Å². The van der Waals surface area contributed by atoms with Crippen molar-refractivity contribution in [2.24, 2.45) is 5.41 Å². The van der Waals surface area contributed by atoms with Crippen molar-refractivity contribution in [3.05, 3.63) is 33.8 Å². The molecule has 1 fully saturated rings. The van der Waals surface area contributed by atoms with Crippen LogP contribution in [0.4, 0.5) is 0 Å². The molecule has 0 unspecified atom stereocenters. The van der Waals surface area contributed by atoms with Crippen LogP contribution in [0.5, 0.6) is 0 Å². The van der Waals surface area contributed by atoms with Crippen molar-refractivity contribution in [2.75, 3.05) is 13.6 Å². The first-order chi connectivity index (χ1) is 9.65. The first-order valence-electron chi connectivity index (χ1n) is 7.74. The van der Waals surface area contributed by atoms with E-state index in [-0.39, 0.29) is 0 Å². The third-order valence-corrected chi connectivity index (χ3v) is 5.36. The molecule has 0 atom stereocenters. The highest BCUT2D eigenvalue weighted by Crippen LogP contribution is 2.43. The zero-order chi connectivity index (χ0) is 14.4. The highest BCUT2D eigenvalue weighted by Gasteiger charge is 2.31. The molecule has 1 aromatic carbocycles. The van der Waals surface area contributed by atoms with E-state index >= 15 is 0 Å². The van der Waals surface area contributed by atoms with Gasteiger partial charge >= 0.3 is 0 Å². The van der Waals surface area contributed by atoms with Crippen LogP contribution in [0.2, 0.25) is 10.0 Å². The lowest BCUT2D eigenvalue weighted by molar-refractivity contribution is 0.157. The first kappa shape index (κ1) is 16.1. The van der Waals surface area contributed by atoms with Crippen LogP contribution in [-0.2, 0) is 6.42 Å². The van der Waals surface area contributed by atoms with Crippen LogP contribution >= 0.6 is 23.2 Å². The van der Waals surface area contributed by atoms with Crippen molar-refractivity contribution >= 4 is 23.2 Å². The molecule has 0 aromatic heterocycles. The molecule has 112 valence electrons. The Labute approximate surface area is 133 Å². The van der Waals surface area contributed by atoms with Gasteiger partial charge in [-0.25, -0.2) is 0 Å². The minimum Gasteiger partial charge on any atom is -0.320 e. The Balaban J connectivity index is 2.02. The van der Waals surface area contributed by atoms with Gasteiger partial charge in [-0.3, -0.25) is 0 Å². The molecule has 0 radical (unpaired) electrons. The lowest BCUT2D eigenvalue weighted by Crippen LogP contribution is -2.29. The van der Waals surface area contributed by atoms with Crippen molar-refractivity contribution in [2.45, 2.75) is 51.4 Å². The SMILES string of the molecule is CNCCC1(CCc2cc(Cl)ccc2Cl)CCCCC1. The molecular formula is C17H25Cl2N. The molecule has 1 aliphatic rings. The van der Waals surface area contributed by atoms with E-state index in [9.17, 15) is 0 Å². The molecule has 1 aromatic rings. The summed E-state index contributed by atoms with van der Waals surface area (Å²) in [6.45, 7) is 1.11. The number of benzene rings is 1. The maximum atomic E-state index is 6.29. The average Bonchev–Trinajstić information content (AvgIpc) is 2.47. The molecule has 3 heteroatoms. The van der Waals surface area contributed by atoms with Gasteiger partial charge < -0.3 is 5.32 Å². The molecule has 0 aliphatic heterocycles. The smallest absolute Gasteiger partial charge is 0.0439 e. The van der Waals surface area contributed by atoms with Crippen LogP contribution in [0.3, 0.4) is 0 Å². The van der Waals surface area contributed by atoms with Gasteiger partial charge in [-0.05, 0) is 74.9 Å². The number of halogens is 2. The lowest BCUT2D eigenvalue weighted by Gasteiger charge is -2.38. The largest absolute Gasteiger partial charge is 0.320 e. The third kappa shape index (κ3) is 4.38. The minimum atomic E-state index is 0.507. The Morgan fingerprint density at radius 3 is 2.55 bits per heavy atom. The maximum Gasteiger partial charge on any atom is 0.0439 e. The van der Waals surface area contributed by atoms with E-state index in [4.69, 9.17) is 23.2 Å². The molecule has 20 heavy (non-hydrogen) atoms. The minimum absolute atomic E-state index is 0.507. The van der Waals surface area contributed by atoms with Gasteiger partial charge in [-0.1, -0.05) is 42.5 Å². The molecule has 1 aliphatic carbocycles. The second-order valence-electron chi connectivity index (χ2n) is 6.15. The molecule has 0 spiro atoms. The first-order valence-corrected chi connectivity index (χ1v) is 8.49. The van der Waals surface area contributed by atoms with Gasteiger partial charge in [0.1, 0.15) is 0 Å². The van der Waals surface area contributed by atoms with Gasteiger partial charge in [0.2, 0.25) is 0 Å². The number of nitrogens with one attached hydrogen (secondary N) is 1. The summed E-state index contributed by atoms with van der Waals surface area (Å²) in [6, 6.07) is 5.81. The van der Waals surface area contributed by atoms with E-state index in [0.29, 0.717) is 5.41 Å². The van der Waals surface area contributed by atoms with Gasteiger partial charge in [0.25, 0.3) is 0 Å². The molecule has 0 bridgehead atoms. The van der Waals surface area contributed by atoms with E-state index in [1.807, 2.05) is 25.2 Å². The topological polar surface area (TPSA) is 12.0 Å². The number of aryl methyl sites for hydroxylation is 1. The van der Waals surface area contributed by atoms with Crippen LogP contribution in [0, 0.1) is 5.41 Å². The Hall–Kier alpha value is -0.240. The van der Waals surface area contributed by atoms with Crippen molar-refractivity contribution in [3.8, 4) is 0 Å². The molecule has 0 amide bonds. The summed E-state index contributed by atoms with van der Waals surface area (Å²) in [5.41, 5.74) is 1.71. The fourth-order valence-corrected chi connectivity index (χ4v) is 3.86. The number of rotatable bonds is 6. The molecule has 2 rings (SSSR count). The fourth-order valence-electron chi connectivity index (χ4n) is 3.45. The second kappa shape index (κ2) is 7.68. The highest BCUT2D eigenvalue weighted by atomic mass is 35.5. The van der Waals surface area contributed by atoms with E-state index in [0.717, 1.165) is 23.0 Å². The van der Waals surface area contributed by atoms with Crippen molar-refractivity contribution in [1.29, 1.82) is 0 Å². The standard InChI is InChI=1S/C17H25Cl2N/c1-20-12-11-17(8-3-2-4-9-17)10-7-14-13-15(18)5-6-16(14)19/h5-6,13,20H,2-4,7-12H2,1H3. The molecule has 1 nitrogen and oxygen atoms in total. The molecule has 0 heterocycles. The Morgan fingerprint density at radius 2 is 1.85 bits per heavy atom. The summed E-state index contributed by atoms with van der Waals surface area (Å²) >= 11 is 12.4. The summed E-state index contributed by atoms with van der Waals surface area (Å²) < 4.78 is 0. The maximum absolute atomic E-state index is 6.29. The predicted molar refractivity (Wildman–Crippen MR) is 88.8 cm³/mol. The van der Waals surface area contributed by atoms with Crippen LogP contribution in [0.1, 0.15) is 50.5 Å². The van der Waals surface area contributed by atoms with E-state index in [1.165, 1.54) is 50.5 Å². The zero-order valence-corrected chi connectivity index (χ0v) is 13.9. The van der Waals surface area contributed by atoms with E-state index in [2.05, 4.69) is 5.32 Å². The summed E-state index contributed by atoms with van der Waals surface area (Å²) in [4.78, 5) is 0. The summed E-state index contributed by atoms with van der Waals surface area (Å²) in [5.74, 6) is 0. The second-order valence-corrected chi connectivity index (χ2v) is 6.99. The molecule has 1 N–H and O–H groups in total. The summed E-state index contributed by atoms with van der Waals surface area (Å²) in [6.07, 6.45) is 10.5. The van der Waals surface area contributed by atoms with E-state index in [1.54, 1.807) is 0 Å². The summed E-state index contributed by atoms with van der Waals surface area (Å²) in [5, 5.41) is 4.96. The fraction of sp³-hybridized carbons (Fsp3) is 0.647. The zero-order valence-electron chi connectivity index (χ0n) is 12.4. The average molecular weight is 314 g/mol. The Kier molecular flexibility index (Phi) is 6.20. The van der Waals surface area contributed by atoms with Crippen LogP contribution in [-0.4, -0.2) is 13.6 Å². The van der Waals surface area contributed by atoms with Crippen LogP contribution in [0.15, 0.2) is 18.2 Å². The van der Waals surface area contributed by atoms with Crippen LogP contribution < -0.4 is 5.32 Å². The van der Waals surface area contributed by atoms with E-state index < -0.39 is 0 Å². The third-order valence-electron chi connectivity index (χ3n) is 4.75. The van der Waals surface area contributed by atoms with Crippen molar-refractivity contribution in [1.82, 2.24) is 5.32 Å². The Bertz CT molecular complexity index is 425. The summed E-state index contributed by atoms with van der Waals surface area (Å²) in [7, 11) is 2.05. The molecule has 1 saturated carbocycles. The number of hydrogen-bond donors (Lipinski definition) is 1. The highest BCUT2D eigenvalue weighted by molar-refractivity contribution is 6.33. The van der Waals surface area contributed by atoms with Gasteiger partial charge in [0.05, 0.1) is 0 Å². The van der Waals surface area contributed by atoms with Gasteiger partial charge in [-0.15, -0.1) is 0 Å². The normalized spacial score (nSPS) is 18.1. The van der Waals surface area contributed by atoms with Gasteiger partial charge in [-0.2, -0.15) is 0 Å². The lowest BCUT2D eigenvalue weighted by atomic mass is 9.68. The van der Waals surface area contributed by atoms with Crippen molar-refractivity contribution in [3.63, 3.8) is 0 Å². The Morgan fingerprint density at radius 1 is 1.10 bits per heavy atom. The number of hydrogen-bond acceptors (Lipinski definition) is 1. The van der Waals surface area contributed by atoms with Gasteiger partial charge in [0.15, 0.2) is 0 Å².